The Kier molecular flexibility index (Phi) is 39.2. The van der Waals surface area contributed by atoms with Crippen molar-refractivity contribution in [3.63, 3.8) is 0 Å². The molecule has 1 aromatic heterocycles. The third kappa shape index (κ3) is 34.3. The average Bonchev–Trinajstić information content (AvgIpc) is 0.832. The van der Waals surface area contributed by atoms with Crippen molar-refractivity contribution in [1.82, 2.24) is 20.3 Å². The van der Waals surface area contributed by atoms with Crippen LogP contribution in [0.1, 0.15) is 160 Å². The number of hydrogen-bond donors (Lipinski definition) is 4. The van der Waals surface area contributed by atoms with E-state index in [2.05, 4.69) is 15.6 Å². The maximum Gasteiger partial charge on any atom is 0.347 e. The number of para-hydroxylation sites is 4. The molecule has 1 unspecified atom stereocenters. The minimum atomic E-state index is -2.33. The molecule has 0 aliphatic rings. The Hall–Kier alpha value is -14.6. The van der Waals surface area contributed by atoms with Gasteiger partial charge in [0.1, 0.15) is 126 Å². The summed E-state index contributed by atoms with van der Waals surface area (Å²) >= 11 is 0. The van der Waals surface area contributed by atoms with Crippen LogP contribution in [0.15, 0.2) is 103 Å². The Morgan fingerprint density at radius 1 is 0.379 bits per heavy atom. The number of rotatable bonds is 51. The number of aliphatic carboxylic acids is 3. The number of nitrogens with one attached hydrogen (secondary N) is 1. The first-order valence-corrected chi connectivity index (χ1v) is 37.5. The molecule has 1 heterocycles. The first-order valence-electron chi connectivity index (χ1n) is 37.5. The molecule has 4 aromatic carbocycles. The molecular weight excluding hydrogens is 1650 g/mol. The summed E-state index contributed by atoms with van der Waals surface area (Å²) < 4.78 is 87.3. The second kappa shape index (κ2) is 48.6. The van der Waals surface area contributed by atoms with E-state index < -0.39 is 265 Å². The molecule has 4 N–H and O–H groups in total. The number of carboxylic acid groups (broad SMARTS) is 3. The number of carboxylic acids is 3. The molecule has 0 radical (unpaired) electrons. The van der Waals surface area contributed by atoms with Gasteiger partial charge in [-0.05, 0) is 76.2 Å². The highest BCUT2D eigenvalue weighted by Crippen LogP contribution is 2.32. The van der Waals surface area contributed by atoms with Crippen molar-refractivity contribution >= 4 is 119 Å². The quantitative estimate of drug-likeness (QED) is 0.0182. The van der Waals surface area contributed by atoms with Crippen LogP contribution in [0.4, 0.5) is 0 Å². The first kappa shape index (κ1) is 100.0. The van der Waals surface area contributed by atoms with E-state index in [1.165, 1.54) is 108 Å². The van der Waals surface area contributed by atoms with Gasteiger partial charge in [0, 0.05) is 59.7 Å². The molecule has 0 saturated carbocycles. The minimum Gasteiger partial charge on any atom is -0.481 e. The van der Waals surface area contributed by atoms with Crippen LogP contribution in [0, 0.1) is 16.2 Å². The van der Waals surface area contributed by atoms with Gasteiger partial charge in [-0.3, -0.25) is 76.6 Å². The van der Waals surface area contributed by atoms with Gasteiger partial charge in [-0.15, -0.1) is 5.10 Å². The summed E-state index contributed by atoms with van der Waals surface area (Å²) in [7, 11) is 0. The Morgan fingerprint density at radius 2 is 0.694 bits per heavy atom. The van der Waals surface area contributed by atoms with Crippen molar-refractivity contribution in [2.75, 3.05) is 72.7 Å². The standard InChI is InChI=1S/C81H90N4O39/c1-48(120-69(100)30-26-62(90)82-81(45-111-66(97)31-27-63(91)92,46-112-67(98)32-28-64(93)94)47-113-68(99)33-29-65(95)96)70(101)109-36-17-35-85-38-53(83-84-85)34-37-110-75(106)80(8,43-118-76(107)78(6,39-114-71(102)54-18-9-13-22-58(54)121-49(2)86)40-115-72(103)55-19-10-14-23-59(55)122-50(3)87)44-119-77(108)79(7,41-116-73(104)56-20-11-15-24-60(56)123-51(4)88)42-117-74(105)57-21-12-16-25-61(57)124-52(5)89/h9-16,18-25,38,48H,17,26-37,39-47H2,1-8H3,(H,82,90)(H,91,92)(H,93,94)(H,95,96). The maximum absolute atomic E-state index is 14.8. The number of ether oxygens (including phenoxy) is 16. The van der Waals surface area contributed by atoms with Crippen molar-refractivity contribution in [1.29, 1.82) is 0 Å². The van der Waals surface area contributed by atoms with Crippen molar-refractivity contribution in [2.45, 2.75) is 138 Å². The Morgan fingerprint density at radius 3 is 1.02 bits per heavy atom. The molecule has 43 nitrogen and oxygen atoms in total. The van der Waals surface area contributed by atoms with E-state index in [1.807, 2.05) is 0 Å². The molecule has 5 rings (SSSR count). The Bertz CT molecular complexity index is 4340. The molecule has 0 bridgehead atoms. The predicted octanol–water partition coefficient (Wildman–Crippen LogP) is 4.32. The molecular formula is C81H90N4O39. The number of carbonyl (C=O) groups is 20. The lowest BCUT2D eigenvalue weighted by atomic mass is 9.90. The lowest BCUT2D eigenvalue weighted by Gasteiger charge is -2.33. The normalized spacial score (nSPS) is 11.4. The number of amides is 1. The third-order valence-corrected chi connectivity index (χ3v) is 16.8. The highest BCUT2D eigenvalue weighted by molar-refractivity contribution is 5.97. The summed E-state index contributed by atoms with van der Waals surface area (Å²) in [6.45, 7) is -1.31. The number of benzene rings is 4. The van der Waals surface area contributed by atoms with Gasteiger partial charge >= 0.3 is 113 Å². The number of hydrogen-bond acceptors (Lipinski definition) is 38. The summed E-state index contributed by atoms with van der Waals surface area (Å²) in [5, 5.41) is 37.5. The van der Waals surface area contributed by atoms with E-state index in [1.54, 1.807) is 0 Å². The molecule has 0 spiro atoms. The first-order chi connectivity index (χ1) is 58.5. The zero-order valence-corrected chi connectivity index (χ0v) is 68.3. The number of aryl methyl sites for hydroxylation is 1. The van der Waals surface area contributed by atoms with Gasteiger partial charge in [0.15, 0.2) is 6.10 Å². The summed E-state index contributed by atoms with van der Waals surface area (Å²) in [6.07, 6.45) is -6.13. The minimum absolute atomic E-state index is 0.00514. The second-order valence-corrected chi connectivity index (χ2v) is 28.0. The molecule has 1 atom stereocenters. The van der Waals surface area contributed by atoms with E-state index in [0.29, 0.717) is 0 Å². The molecule has 1 amide bonds. The highest BCUT2D eigenvalue weighted by atomic mass is 16.6. The van der Waals surface area contributed by atoms with Crippen LogP contribution in [-0.4, -0.2) is 234 Å². The molecule has 0 fully saturated rings. The van der Waals surface area contributed by atoms with Crippen LogP contribution >= 0.6 is 0 Å². The molecule has 0 saturated heterocycles. The van der Waals surface area contributed by atoms with Crippen LogP contribution < -0.4 is 24.3 Å². The number of esters is 16. The van der Waals surface area contributed by atoms with Gasteiger partial charge in [-0.1, -0.05) is 53.7 Å². The number of carbonyl (C=O) groups excluding carboxylic acids is 17. The van der Waals surface area contributed by atoms with E-state index >= 15 is 0 Å². The fraction of sp³-hybridized carbons (Fsp3) is 0.432. The monoisotopic (exact) mass is 1740 g/mol. The molecule has 668 valence electrons. The summed E-state index contributed by atoms with van der Waals surface area (Å²) in [4.78, 5) is 258. The fourth-order valence-corrected chi connectivity index (χ4v) is 10.1. The maximum atomic E-state index is 14.8. The summed E-state index contributed by atoms with van der Waals surface area (Å²) in [5.41, 5.74) is -10.1. The van der Waals surface area contributed by atoms with Crippen molar-refractivity contribution in [3.8, 4) is 23.0 Å². The van der Waals surface area contributed by atoms with Gasteiger partial charge in [-0.2, -0.15) is 0 Å². The van der Waals surface area contributed by atoms with E-state index in [9.17, 15) is 95.9 Å². The van der Waals surface area contributed by atoms with E-state index in [0.717, 1.165) is 55.4 Å². The lowest BCUT2D eigenvalue weighted by Crippen LogP contribution is -2.59. The van der Waals surface area contributed by atoms with Crippen LogP contribution in [0.2, 0.25) is 0 Å². The second-order valence-electron chi connectivity index (χ2n) is 28.0. The lowest BCUT2D eigenvalue weighted by molar-refractivity contribution is -0.179. The Labute approximate surface area is 705 Å². The molecule has 124 heavy (non-hydrogen) atoms. The van der Waals surface area contributed by atoms with Crippen LogP contribution in [-0.2, 0) is 147 Å². The smallest absolute Gasteiger partial charge is 0.347 e. The molecule has 0 aliphatic heterocycles. The van der Waals surface area contributed by atoms with Crippen molar-refractivity contribution < 1.29 is 187 Å². The third-order valence-electron chi connectivity index (χ3n) is 16.8. The van der Waals surface area contributed by atoms with Gasteiger partial charge < -0.3 is 96.4 Å². The van der Waals surface area contributed by atoms with Crippen LogP contribution in [0.5, 0.6) is 23.0 Å². The topological polar surface area (TPSA) is 593 Å². The van der Waals surface area contributed by atoms with Gasteiger partial charge in [-0.25, -0.2) is 24.0 Å². The predicted molar refractivity (Wildman–Crippen MR) is 408 cm³/mol. The van der Waals surface area contributed by atoms with Crippen LogP contribution in [0.25, 0.3) is 0 Å². The zero-order valence-electron chi connectivity index (χ0n) is 68.3. The summed E-state index contributed by atoms with van der Waals surface area (Å²) in [6, 6.07) is 21.3. The average molecular weight is 1740 g/mol. The van der Waals surface area contributed by atoms with E-state index in [-0.39, 0.29) is 76.9 Å². The molecule has 0 aliphatic carbocycles. The van der Waals surface area contributed by atoms with Crippen molar-refractivity contribution in [3.05, 3.63) is 131 Å². The molecule has 43 heteroatoms. The molecule has 5 aromatic rings. The van der Waals surface area contributed by atoms with Crippen LogP contribution in [0.3, 0.4) is 0 Å². The van der Waals surface area contributed by atoms with E-state index in [4.69, 9.17) is 91.1 Å². The van der Waals surface area contributed by atoms with Gasteiger partial charge in [0.2, 0.25) is 5.91 Å². The van der Waals surface area contributed by atoms with Gasteiger partial charge in [0.25, 0.3) is 0 Å². The van der Waals surface area contributed by atoms with Crippen molar-refractivity contribution in [2.24, 2.45) is 16.2 Å². The highest BCUT2D eigenvalue weighted by Gasteiger charge is 2.47. The number of nitrogens with zero attached hydrogens (tertiary/aromatic N) is 3. The SMILES string of the molecule is CC(=O)Oc1ccccc1C(=O)OCC(C)(COC(=O)c1ccccc1OC(C)=O)C(=O)OCC(C)(COC(=O)C(C)(COC(=O)c1ccccc1OC(C)=O)COC(=O)c1ccccc1OC(C)=O)C(=O)OCCc1cn(CCCOC(=O)C(C)OC(=O)CCC(=O)NC(COC(=O)CCC(=O)O)(COC(=O)CCC(=O)O)COC(=O)CCC(=O)O)nn1. The number of aromatic nitrogens is 3. The summed E-state index contributed by atoms with van der Waals surface area (Å²) in [5.74, 6) is -24.0. The largest absolute Gasteiger partial charge is 0.481 e. The Balaban J connectivity index is 1.34. The zero-order chi connectivity index (χ0) is 91.9. The van der Waals surface area contributed by atoms with Gasteiger partial charge in [0.05, 0.1) is 63.9 Å². The fourth-order valence-electron chi connectivity index (χ4n) is 10.1.